The topological polar surface area (TPSA) is 43.2 Å². The fraction of sp³-hybridized carbons (Fsp3) is 0.211. The van der Waals surface area contributed by atoms with Crippen LogP contribution in [0.5, 0.6) is 0 Å². The van der Waals surface area contributed by atoms with Crippen LogP contribution in [0.4, 0.5) is 11.4 Å². The summed E-state index contributed by atoms with van der Waals surface area (Å²) in [6, 6.07) is 62.8. The fourth-order valence-corrected chi connectivity index (χ4v) is 13.9. The van der Waals surface area contributed by atoms with E-state index in [1.165, 1.54) is 77.5 Å². The number of nitrogens with zero attached hydrogens (tertiary/aromatic N) is 1. The molecule has 1 aliphatic heterocycles. The van der Waals surface area contributed by atoms with Gasteiger partial charge in [0, 0.05) is 72.0 Å². The minimum atomic E-state index is -0.342. The lowest BCUT2D eigenvalue weighted by Crippen LogP contribution is -2.38. The summed E-state index contributed by atoms with van der Waals surface area (Å²) < 4.78 is 16.6. The summed E-state index contributed by atoms with van der Waals surface area (Å²) >= 11 is 0. The van der Waals surface area contributed by atoms with E-state index in [0.29, 0.717) is 0 Å². The molecule has 9 aromatic carbocycles. The molecule has 0 saturated carbocycles. The molecule has 4 heterocycles. The van der Waals surface area contributed by atoms with E-state index in [9.17, 15) is 0 Å². The van der Waals surface area contributed by atoms with Gasteiger partial charge in [0.05, 0.1) is 11.2 Å². The van der Waals surface area contributed by atoms with Gasteiger partial charge in [0.1, 0.15) is 22.5 Å². The molecule has 76 heavy (non-hydrogen) atoms. The Balaban J connectivity index is 1.12. The molecule has 12 aromatic rings. The van der Waals surface area contributed by atoms with Gasteiger partial charge in [-0.05, 0) is 133 Å². The maximum atomic E-state index is 7.17. The summed E-state index contributed by atoms with van der Waals surface area (Å²) in [7, 11) is 2.50. The molecule has 0 bridgehead atoms. The molecular weight excluding hydrogens is 924 g/mol. The third kappa shape index (κ3) is 6.38. The van der Waals surface area contributed by atoms with E-state index in [4.69, 9.17) is 8.83 Å². The molecule has 0 fully saturated rings. The number of para-hydroxylation sites is 1. The summed E-state index contributed by atoms with van der Waals surface area (Å²) in [5.74, 6) is 0.882. The Bertz CT molecular complexity index is 4440. The van der Waals surface area contributed by atoms with E-state index in [0.717, 1.165) is 90.6 Å². The van der Waals surface area contributed by atoms with Crippen LogP contribution in [-0.2, 0) is 21.7 Å². The Hall–Kier alpha value is -8.02. The molecule has 1 N–H and O–H groups in total. The van der Waals surface area contributed by atoms with E-state index in [2.05, 4.69) is 249 Å². The molecule has 0 unspecified atom stereocenters. The number of nitrogens with one attached hydrogen (secondary N) is 1. The average molecular weight is 984 g/mol. The van der Waals surface area contributed by atoms with Gasteiger partial charge in [0.25, 0.3) is 0 Å². The van der Waals surface area contributed by atoms with Crippen molar-refractivity contribution in [2.45, 2.75) is 96.8 Å². The maximum absolute atomic E-state index is 7.17. The van der Waals surface area contributed by atoms with E-state index >= 15 is 0 Å². The molecular formula is C71H60BN2O2. The number of anilines is 2. The maximum Gasteiger partial charge on any atom is 0.198 e. The quantitative estimate of drug-likeness (QED) is 0.175. The van der Waals surface area contributed by atoms with Gasteiger partial charge in [0.2, 0.25) is 0 Å². The van der Waals surface area contributed by atoms with Gasteiger partial charge in [-0.3, -0.25) is 0 Å². The molecule has 4 nitrogen and oxygen atoms in total. The Kier molecular flexibility index (Phi) is 9.28. The second-order valence-corrected chi connectivity index (χ2v) is 25.0. The van der Waals surface area contributed by atoms with Crippen molar-refractivity contribution in [3.05, 3.63) is 198 Å². The SMILES string of the molecule is CC(C)(C)c1ccc(Nc2cc3oc4ccccc4c3cc2-c2c3c(c4c5cc6c(cc5n5c4c2[B]c2cc4oc(-c7ccccc7)c(-c7ccccc7)c4cc2-5)C(C)(C)CCC6(C)C)C(C)(C)c2ccccc2-3)cc1. The molecule has 0 atom stereocenters. The summed E-state index contributed by atoms with van der Waals surface area (Å²) in [6.07, 6.45) is 2.27. The third-order valence-electron chi connectivity index (χ3n) is 18.0. The smallest absolute Gasteiger partial charge is 0.198 e. The Morgan fingerprint density at radius 1 is 0.526 bits per heavy atom. The van der Waals surface area contributed by atoms with Gasteiger partial charge in [-0.25, -0.2) is 0 Å². The van der Waals surface area contributed by atoms with Crippen LogP contribution >= 0.6 is 0 Å². The molecule has 2 aliphatic carbocycles. The predicted octanol–water partition coefficient (Wildman–Crippen LogP) is 18.1. The number of fused-ring (bicyclic) bond motifs is 14. The van der Waals surface area contributed by atoms with Crippen molar-refractivity contribution in [3.8, 4) is 50.4 Å². The minimum absolute atomic E-state index is 0.00114. The molecule has 3 aliphatic rings. The molecule has 369 valence electrons. The van der Waals surface area contributed by atoms with E-state index in [1.807, 2.05) is 0 Å². The molecule has 15 rings (SSSR count). The van der Waals surface area contributed by atoms with Crippen molar-refractivity contribution in [2.75, 3.05) is 5.32 Å². The van der Waals surface area contributed by atoms with Crippen molar-refractivity contribution < 1.29 is 8.83 Å². The number of benzene rings is 9. The van der Waals surface area contributed by atoms with Crippen LogP contribution in [0.25, 0.3) is 105 Å². The van der Waals surface area contributed by atoms with E-state index in [-0.39, 0.29) is 21.7 Å². The molecule has 0 spiro atoms. The Morgan fingerprint density at radius 3 is 1.92 bits per heavy atom. The second-order valence-electron chi connectivity index (χ2n) is 25.0. The van der Waals surface area contributed by atoms with Crippen molar-refractivity contribution in [1.29, 1.82) is 0 Å². The van der Waals surface area contributed by atoms with Crippen molar-refractivity contribution >= 4 is 84.3 Å². The monoisotopic (exact) mass is 983 g/mol. The lowest BCUT2D eigenvalue weighted by molar-refractivity contribution is 0.332. The van der Waals surface area contributed by atoms with Crippen molar-refractivity contribution in [1.82, 2.24) is 4.57 Å². The lowest BCUT2D eigenvalue weighted by Gasteiger charge is -2.42. The van der Waals surface area contributed by atoms with Gasteiger partial charge in [-0.2, -0.15) is 0 Å². The van der Waals surface area contributed by atoms with Crippen LogP contribution in [0, 0.1) is 0 Å². The summed E-state index contributed by atoms with van der Waals surface area (Å²) in [6.45, 7) is 21.6. The highest BCUT2D eigenvalue weighted by Gasteiger charge is 2.45. The number of furan rings is 2. The highest BCUT2D eigenvalue weighted by Crippen LogP contribution is 2.59. The second kappa shape index (κ2) is 15.5. The van der Waals surface area contributed by atoms with E-state index < -0.39 is 0 Å². The van der Waals surface area contributed by atoms with Gasteiger partial charge in [-0.15, -0.1) is 0 Å². The zero-order valence-corrected chi connectivity index (χ0v) is 44.9. The van der Waals surface area contributed by atoms with Crippen LogP contribution < -0.4 is 16.2 Å². The van der Waals surface area contributed by atoms with E-state index in [1.54, 1.807) is 0 Å². The fourth-order valence-electron chi connectivity index (χ4n) is 13.9. The third-order valence-corrected chi connectivity index (χ3v) is 18.0. The van der Waals surface area contributed by atoms with Crippen LogP contribution in [-0.4, -0.2) is 11.8 Å². The minimum Gasteiger partial charge on any atom is -0.456 e. The molecule has 0 amide bonds. The number of hydrogen-bond acceptors (Lipinski definition) is 3. The zero-order valence-electron chi connectivity index (χ0n) is 44.9. The standard InChI is InChI=1S/C71H60BN2O2/c1-68(2,3)42-28-30-43(31-29-42)73-54-39-59-46(44-24-17-19-27-57(44)75-59)34-47(54)62-61-45-25-16-18-26-50(45)71(8,9)64(61)63-48-35-51-52(70(6,7)33-32-69(51,4)5)37-55(48)74-56-36-49-58(38-53(56)72-65(62)66(63)74)76-67(41-22-14-11-15-23-41)60(49)40-20-12-10-13-21-40/h10-31,34-39,73H,32-33H2,1-9H3. The zero-order chi connectivity index (χ0) is 51.8. The number of rotatable bonds is 5. The summed E-state index contributed by atoms with van der Waals surface area (Å²) in [4.78, 5) is 0. The first kappa shape index (κ1) is 45.4. The Labute approximate surface area is 445 Å². The van der Waals surface area contributed by atoms with Crippen molar-refractivity contribution in [2.24, 2.45) is 0 Å². The van der Waals surface area contributed by atoms with Crippen LogP contribution in [0.1, 0.15) is 103 Å². The average Bonchev–Trinajstić information content (AvgIpc) is 4.32. The van der Waals surface area contributed by atoms with Gasteiger partial charge in [-0.1, -0.05) is 183 Å². The van der Waals surface area contributed by atoms with Gasteiger partial charge >= 0.3 is 0 Å². The lowest BCUT2D eigenvalue weighted by atomic mass is 9.57. The highest BCUT2D eigenvalue weighted by atomic mass is 16.3. The largest absolute Gasteiger partial charge is 0.456 e. The van der Waals surface area contributed by atoms with Crippen molar-refractivity contribution in [3.63, 3.8) is 0 Å². The first-order valence-electron chi connectivity index (χ1n) is 27.3. The van der Waals surface area contributed by atoms with Gasteiger partial charge < -0.3 is 18.7 Å². The first-order valence-corrected chi connectivity index (χ1v) is 27.3. The molecule has 0 saturated heterocycles. The number of hydrogen-bond donors (Lipinski definition) is 1. The molecule has 1 radical (unpaired) electrons. The summed E-state index contributed by atoms with van der Waals surface area (Å²) in [5.41, 5.74) is 25.5. The van der Waals surface area contributed by atoms with Crippen LogP contribution in [0.2, 0.25) is 0 Å². The number of aromatic nitrogens is 1. The predicted molar refractivity (Wildman–Crippen MR) is 320 cm³/mol. The first-order chi connectivity index (χ1) is 36.5. The molecule has 3 aromatic heterocycles. The van der Waals surface area contributed by atoms with Crippen LogP contribution in [0.3, 0.4) is 0 Å². The highest BCUT2D eigenvalue weighted by molar-refractivity contribution is 6.74. The normalized spacial score (nSPS) is 15.8. The van der Waals surface area contributed by atoms with Gasteiger partial charge in [0.15, 0.2) is 7.28 Å². The summed E-state index contributed by atoms with van der Waals surface area (Å²) in [5, 5.41) is 9.99. The Morgan fingerprint density at radius 2 is 1.18 bits per heavy atom. The van der Waals surface area contributed by atoms with Crippen LogP contribution in [0.15, 0.2) is 179 Å². The molecule has 5 heteroatoms.